The summed E-state index contributed by atoms with van der Waals surface area (Å²) in [5, 5.41) is 3.98. The van der Waals surface area contributed by atoms with Gasteiger partial charge in [-0.05, 0) is 60.4 Å². The number of nitrogens with one attached hydrogen (secondary N) is 1. The summed E-state index contributed by atoms with van der Waals surface area (Å²) in [6, 6.07) is 29.3. The summed E-state index contributed by atoms with van der Waals surface area (Å²) < 4.78 is 15.5. The summed E-state index contributed by atoms with van der Waals surface area (Å²) in [4.78, 5) is 29.7. The minimum Gasteiger partial charge on any atom is -0.357 e. The van der Waals surface area contributed by atoms with Crippen molar-refractivity contribution < 1.29 is 14.0 Å². The molecule has 0 fully saturated rings. The number of benzene rings is 4. The monoisotopic (exact) mass is 522 g/mol. The molecule has 0 saturated carbocycles. The maximum atomic E-state index is 15.5. The van der Waals surface area contributed by atoms with E-state index in [-0.39, 0.29) is 29.6 Å². The van der Waals surface area contributed by atoms with E-state index >= 15 is 4.39 Å². The van der Waals surface area contributed by atoms with Crippen LogP contribution in [-0.2, 0) is 4.79 Å². The fourth-order valence-electron chi connectivity index (χ4n) is 5.50. The van der Waals surface area contributed by atoms with Gasteiger partial charge < -0.3 is 5.32 Å². The molecule has 0 spiro atoms. The number of anilines is 2. The molecule has 1 aliphatic carbocycles. The van der Waals surface area contributed by atoms with E-state index in [0.717, 1.165) is 5.56 Å². The second-order valence-electron chi connectivity index (χ2n) is 9.58. The van der Waals surface area contributed by atoms with Crippen LogP contribution >= 0.6 is 11.6 Å². The van der Waals surface area contributed by atoms with Gasteiger partial charge >= 0.3 is 0 Å². The van der Waals surface area contributed by atoms with Crippen molar-refractivity contribution in [1.29, 1.82) is 0 Å². The Morgan fingerprint density at radius 2 is 1.53 bits per heavy atom. The van der Waals surface area contributed by atoms with E-state index in [0.29, 0.717) is 39.7 Å². The van der Waals surface area contributed by atoms with E-state index in [1.807, 2.05) is 54.6 Å². The number of nitrogens with zero attached hydrogens (tertiary/aromatic N) is 1. The quantitative estimate of drug-likeness (QED) is 0.300. The van der Waals surface area contributed by atoms with E-state index in [1.54, 1.807) is 47.4 Å². The van der Waals surface area contributed by atoms with Crippen LogP contribution in [0.4, 0.5) is 15.8 Å². The van der Waals surface area contributed by atoms with E-state index in [9.17, 15) is 9.59 Å². The summed E-state index contributed by atoms with van der Waals surface area (Å²) >= 11 is 6.09. The van der Waals surface area contributed by atoms with Crippen molar-refractivity contribution in [2.24, 2.45) is 0 Å². The number of rotatable bonds is 3. The zero-order chi connectivity index (χ0) is 26.2. The number of para-hydroxylation sites is 2. The average molecular weight is 523 g/mol. The van der Waals surface area contributed by atoms with E-state index in [1.165, 1.54) is 6.07 Å². The van der Waals surface area contributed by atoms with Crippen LogP contribution in [-0.4, -0.2) is 11.7 Å². The lowest BCUT2D eigenvalue weighted by atomic mass is 9.78. The second-order valence-corrected chi connectivity index (χ2v) is 10.0. The molecule has 2 atom stereocenters. The van der Waals surface area contributed by atoms with Gasteiger partial charge in [0.15, 0.2) is 5.78 Å². The fraction of sp³-hybridized carbons (Fsp3) is 0.125. The molecule has 4 aromatic carbocycles. The van der Waals surface area contributed by atoms with Gasteiger partial charge in [-0.25, -0.2) is 4.39 Å². The standard InChI is InChI=1S/C32H24ClFN2O2/c33-23-16-14-21(15-17-23)32(38)36-28-13-7-6-12-26(28)35-27-18-22(20-8-2-1-3-9-20)19-29(37)30(27)31(36)24-10-4-5-11-25(24)34/h1-17,22,31,35H,18-19H2/t22-,31+/m0/s1. The summed E-state index contributed by atoms with van der Waals surface area (Å²) in [5.41, 5.74) is 4.11. The average Bonchev–Trinajstić information content (AvgIpc) is 3.08. The molecule has 0 saturated heterocycles. The van der Waals surface area contributed by atoms with Gasteiger partial charge in [-0.3, -0.25) is 14.5 Å². The van der Waals surface area contributed by atoms with Crippen molar-refractivity contribution in [3.8, 4) is 0 Å². The van der Waals surface area contributed by atoms with Gasteiger partial charge in [-0.15, -0.1) is 0 Å². The number of amides is 1. The molecule has 0 aromatic heterocycles. The van der Waals surface area contributed by atoms with Crippen LogP contribution in [0.2, 0.25) is 5.02 Å². The topological polar surface area (TPSA) is 49.4 Å². The molecule has 188 valence electrons. The molecule has 0 unspecified atom stereocenters. The molecule has 1 amide bonds. The number of hydrogen-bond donors (Lipinski definition) is 1. The van der Waals surface area contributed by atoms with Crippen molar-refractivity contribution in [3.63, 3.8) is 0 Å². The number of halogens is 2. The molecule has 6 heteroatoms. The third-order valence-electron chi connectivity index (χ3n) is 7.27. The van der Waals surface area contributed by atoms with E-state index in [4.69, 9.17) is 11.6 Å². The SMILES string of the molecule is O=C1C[C@@H](c2ccccc2)CC2=C1[C@@H](c1ccccc1F)N(C(=O)c1ccc(Cl)cc1)c1ccccc1N2. The van der Waals surface area contributed by atoms with Crippen molar-refractivity contribution >= 4 is 34.7 Å². The molecule has 0 bridgehead atoms. The first-order chi connectivity index (χ1) is 18.5. The number of Topliss-reactive ketones (excluding diaryl/α,β-unsaturated/α-hetero) is 1. The predicted octanol–water partition coefficient (Wildman–Crippen LogP) is 7.69. The lowest BCUT2D eigenvalue weighted by Gasteiger charge is -2.35. The van der Waals surface area contributed by atoms with Gasteiger partial charge in [0, 0.05) is 33.8 Å². The number of carbonyl (C=O) groups is 2. The van der Waals surface area contributed by atoms with Gasteiger partial charge in [0.1, 0.15) is 5.82 Å². The van der Waals surface area contributed by atoms with Crippen LogP contribution in [0.25, 0.3) is 0 Å². The first kappa shape index (κ1) is 24.1. The Kier molecular flexibility index (Phi) is 6.30. The summed E-state index contributed by atoms with van der Waals surface area (Å²) in [5.74, 6) is -0.962. The highest BCUT2D eigenvalue weighted by Gasteiger charge is 2.42. The van der Waals surface area contributed by atoms with Crippen LogP contribution in [0.3, 0.4) is 0 Å². The van der Waals surface area contributed by atoms with Crippen molar-refractivity contribution in [2.45, 2.75) is 24.8 Å². The van der Waals surface area contributed by atoms with Crippen LogP contribution in [0, 0.1) is 5.82 Å². The van der Waals surface area contributed by atoms with Crippen LogP contribution in [0.1, 0.15) is 46.3 Å². The Bertz CT molecular complexity index is 1570. The van der Waals surface area contributed by atoms with Crippen molar-refractivity contribution in [1.82, 2.24) is 0 Å². The lowest BCUT2D eigenvalue weighted by molar-refractivity contribution is -0.116. The largest absolute Gasteiger partial charge is 0.357 e. The number of allylic oxidation sites excluding steroid dienone is 1. The zero-order valence-corrected chi connectivity index (χ0v) is 21.2. The summed E-state index contributed by atoms with van der Waals surface area (Å²) in [6.45, 7) is 0. The van der Waals surface area contributed by atoms with Crippen LogP contribution < -0.4 is 10.2 Å². The molecular formula is C32H24ClFN2O2. The molecule has 1 aliphatic heterocycles. The normalized spacial score (nSPS) is 18.8. The van der Waals surface area contributed by atoms with Gasteiger partial charge in [0.05, 0.1) is 17.4 Å². The molecule has 4 nitrogen and oxygen atoms in total. The number of hydrogen-bond acceptors (Lipinski definition) is 3. The number of ketones is 1. The first-order valence-corrected chi connectivity index (χ1v) is 12.9. The number of carbonyl (C=O) groups excluding carboxylic acids is 2. The van der Waals surface area contributed by atoms with E-state index in [2.05, 4.69) is 5.32 Å². The minimum atomic E-state index is -0.949. The van der Waals surface area contributed by atoms with Gasteiger partial charge in [0.2, 0.25) is 0 Å². The number of fused-ring (bicyclic) bond motifs is 1. The smallest absolute Gasteiger partial charge is 0.259 e. The molecule has 4 aromatic rings. The Morgan fingerprint density at radius 3 is 2.29 bits per heavy atom. The summed E-state index contributed by atoms with van der Waals surface area (Å²) in [6.07, 6.45) is 0.835. The zero-order valence-electron chi connectivity index (χ0n) is 20.4. The highest BCUT2D eigenvalue weighted by Crippen LogP contribution is 2.48. The maximum absolute atomic E-state index is 15.5. The van der Waals surface area contributed by atoms with Gasteiger partial charge in [0.25, 0.3) is 5.91 Å². The van der Waals surface area contributed by atoms with Crippen LogP contribution in [0.15, 0.2) is 114 Å². The predicted molar refractivity (Wildman–Crippen MR) is 148 cm³/mol. The Balaban J connectivity index is 1.58. The first-order valence-electron chi connectivity index (χ1n) is 12.5. The third-order valence-corrected chi connectivity index (χ3v) is 7.52. The minimum absolute atomic E-state index is 0.0260. The Labute approximate surface area is 225 Å². The molecular weight excluding hydrogens is 499 g/mol. The Hall–Kier alpha value is -4.22. The maximum Gasteiger partial charge on any atom is 0.259 e. The fourth-order valence-corrected chi connectivity index (χ4v) is 5.62. The lowest BCUT2D eigenvalue weighted by Crippen LogP contribution is -2.39. The molecule has 2 aliphatic rings. The molecule has 0 radical (unpaired) electrons. The molecule has 1 heterocycles. The van der Waals surface area contributed by atoms with Gasteiger partial charge in [-0.2, -0.15) is 0 Å². The summed E-state index contributed by atoms with van der Waals surface area (Å²) in [7, 11) is 0. The molecule has 1 N–H and O–H groups in total. The molecule has 6 rings (SSSR count). The van der Waals surface area contributed by atoms with Crippen LogP contribution in [0.5, 0.6) is 0 Å². The highest BCUT2D eigenvalue weighted by molar-refractivity contribution is 6.30. The van der Waals surface area contributed by atoms with Crippen molar-refractivity contribution in [2.75, 3.05) is 10.2 Å². The van der Waals surface area contributed by atoms with Gasteiger partial charge in [-0.1, -0.05) is 72.3 Å². The van der Waals surface area contributed by atoms with E-state index < -0.39 is 11.9 Å². The highest BCUT2D eigenvalue weighted by atomic mass is 35.5. The second kappa shape index (κ2) is 9.92. The third kappa shape index (κ3) is 4.29. The Morgan fingerprint density at radius 1 is 0.842 bits per heavy atom. The van der Waals surface area contributed by atoms with Crippen molar-refractivity contribution in [3.05, 3.63) is 142 Å². The molecule has 38 heavy (non-hydrogen) atoms.